The van der Waals surface area contributed by atoms with E-state index in [1.165, 1.54) is 29.7 Å². The molecule has 4 aromatic carbocycles. The third-order valence-electron chi connectivity index (χ3n) is 6.83. The van der Waals surface area contributed by atoms with E-state index in [1.54, 1.807) is 13.0 Å². The second-order valence-corrected chi connectivity index (χ2v) is 9.83. The molecule has 0 saturated carbocycles. The van der Waals surface area contributed by atoms with E-state index < -0.39 is 0 Å². The number of amides is 1. The Morgan fingerprint density at radius 2 is 1.64 bits per heavy atom. The van der Waals surface area contributed by atoms with Crippen LogP contribution in [0.1, 0.15) is 47.6 Å². The van der Waals surface area contributed by atoms with Crippen LogP contribution in [0.4, 0.5) is 4.39 Å². The van der Waals surface area contributed by atoms with Gasteiger partial charge < -0.3 is 14.8 Å². The summed E-state index contributed by atoms with van der Waals surface area (Å²) in [7, 11) is 0. The van der Waals surface area contributed by atoms with Crippen LogP contribution in [0.15, 0.2) is 84.9 Å². The lowest BCUT2D eigenvalue weighted by molar-refractivity contribution is -0.118. The van der Waals surface area contributed by atoms with Crippen molar-refractivity contribution in [2.24, 2.45) is 0 Å². The van der Waals surface area contributed by atoms with Crippen molar-refractivity contribution in [3.05, 3.63) is 119 Å². The third-order valence-corrected chi connectivity index (χ3v) is 6.83. The molecule has 5 heteroatoms. The summed E-state index contributed by atoms with van der Waals surface area (Å²) < 4.78 is 26.2. The van der Waals surface area contributed by atoms with Crippen LogP contribution in [0.2, 0.25) is 0 Å². The Morgan fingerprint density at radius 3 is 2.41 bits per heavy atom. The maximum Gasteiger partial charge on any atom is 0.216 e. The molecular weight excluding hydrogens is 489 g/mol. The number of hydrogen-bond donors (Lipinski definition) is 1. The lowest BCUT2D eigenvalue weighted by Crippen LogP contribution is -2.20. The SMILES string of the molecule is CC(=O)NCCCCc1ccc(OCc2cccc(-c3ccccc3)c2C)cc1OCc1ccc(F)c(C)c1. The number of unbranched alkanes of at least 4 members (excludes halogenated alkanes) is 1. The van der Waals surface area contributed by atoms with Crippen LogP contribution < -0.4 is 14.8 Å². The van der Waals surface area contributed by atoms with Crippen molar-refractivity contribution in [3.8, 4) is 22.6 Å². The van der Waals surface area contributed by atoms with E-state index in [-0.39, 0.29) is 11.7 Å². The van der Waals surface area contributed by atoms with E-state index in [9.17, 15) is 9.18 Å². The highest BCUT2D eigenvalue weighted by molar-refractivity contribution is 5.72. The minimum absolute atomic E-state index is 0.0142. The Balaban J connectivity index is 1.48. The molecule has 39 heavy (non-hydrogen) atoms. The number of halogens is 1. The summed E-state index contributed by atoms with van der Waals surface area (Å²) in [5, 5.41) is 2.84. The van der Waals surface area contributed by atoms with Crippen molar-refractivity contribution < 1.29 is 18.7 Å². The Labute approximate surface area is 230 Å². The van der Waals surface area contributed by atoms with E-state index in [0.717, 1.165) is 47.5 Å². The molecular formula is C34H36FNO3. The fourth-order valence-corrected chi connectivity index (χ4v) is 4.56. The van der Waals surface area contributed by atoms with Crippen LogP contribution in [0.3, 0.4) is 0 Å². The van der Waals surface area contributed by atoms with Gasteiger partial charge in [-0.2, -0.15) is 0 Å². The molecule has 0 aliphatic carbocycles. The van der Waals surface area contributed by atoms with Crippen LogP contribution >= 0.6 is 0 Å². The number of ether oxygens (including phenoxy) is 2. The summed E-state index contributed by atoms with van der Waals surface area (Å²) in [5.74, 6) is 1.25. The number of benzene rings is 4. The van der Waals surface area contributed by atoms with E-state index in [2.05, 4.69) is 42.6 Å². The molecule has 0 aliphatic rings. The summed E-state index contributed by atoms with van der Waals surface area (Å²) in [6.45, 7) is 6.85. The molecule has 0 heterocycles. The maximum atomic E-state index is 13.7. The van der Waals surface area contributed by atoms with Gasteiger partial charge in [0.2, 0.25) is 5.91 Å². The Hall–Kier alpha value is -4.12. The quantitative estimate of drug-likeness (QED) is 0.193. The van der Waals surface area contributed by atoms with Crippen molar-refractivity contribution in [1.29, 1.82) is 0 Å². The van der Waals surface area contributed by atoms with Gasteiger partial charge in [0.1, 0.15) is 30.5 Å². The first-order valence-corrected chi connectivity index (χ1v) is 13.4. The number of hydrogen-bond acceptors (Lipinski definition) is 3. The first kappa shape index (κ1) is 27.9. The van der Waals surface area contributed by atoms with Gasteiger partial charge in [-0.3, -0.25) is 4.79 Å². The number of aryl methyl sites for hydroxylation is 2. The molecule has 0 atom stereocenters. The average molecular weight is 526 g/mol. The molecule has 1 N–H and O–H groups in total. The van der Waals surface area contributed by atoms with Crippen molar-refractivity contribution in [2.45, 2.75) is 53.2 Å². The molecule has 0 aromatic heterocycles. The normalized spacial score (nSPS) is 10.8. The van der Waals surface area contributed by atoms with Gasteiger partial charge in [-0.1, -0.05) is 60.7 Å². The summed E-state index contributed by atoms with van der Waals surface area (Å²) in [4.78, 5) is 11.1. The first-order valence-electron chi connectivity index (χ1n) is 13.4. The Bertz CT molecular complexity index is 1400. The lowest BCUT2D eigenvalue weighted by Gasteiger charge is -2.16. The van der Waals surface area contributed by atoms with Gasteiger partial charge in [-0.05, 0) is 90.3 Å². The standard InChI is InChI=1S/C34H36FNO3/c1-24-20-27(15-18-33(24)35)22-39-34-21-31(17-16-29(34)12-7-8-19-36-26(3)37)38-23-30-13-9-14-32(25(30)2)28-10-5-4-6-11-28/h4-6,9-11,13-18,20-21H,7-8,12,19,22-23H2,1-3H3,(H,36,37). The maximum absolute atomic E-state index is 13.7. The van der Waals surface area contributed by atoms with Crippen LogP contribution in [-0.2, 0) is 24.4 Å². The summed E-state index contributed by atoms with van der Waals surface area (Å²) in [6, 6.07) is 27.7. The molecule has 4 aromatic rings. The average Bonchev–Trinajstić information content (AvgIpc) is 2.94. The van der Waals surface area contributed by atoms with Crippen LogP contribution in [0, 0.1) is 19.7 Å². The highest BCUT2D eigenvalue weighted by Crippen LogP contribution is 2.30. The molecule has 0 unspecified atom stereocenters. The molecule has 0 fully saturated rings. The molecule has 0 aliphatic heterocycles. The van der Waals surface area contributed by atoms with Crippen molar-refractivity contribution >= 4 is 5.91 Å². The fourth-order valence-electron chi connectivity index (χ4n) is 4.56. The number of carbonyl (C=O) groups is 1. The Kier molecular flexibility index (Phi) is 9.74. The highest BCUT2D eigenvalue weighted by Gasteiger charge is 2.11. The number of carbonyl (C=O) groups excluding carboxylic acids is 1. The first-order chi connectivity index (χ1) is 18.9. The minimum atomic E-state index is -0.222. The predicted octanol–water partition coefficient (Wildman–Crippen LogP) is 7.73. The zero-order chi connectivity index (χ0) is 27.6. The van der Waals surface area contributed by atoms with E-state index in [4.69, 9.17) is 9.47 Å². The van der Waals surface area contributed by atoms with Crippen LogP contribution in [-0.4, -0.2) is 12.5 Å². The second kappa shape index (κ2) is 13.6. The summed E-state index contributed by atoms with van der Waals surface area (Å²) >= 11 is 0. The van der Waals surface area contributed by atoms with Gasteiger partial charge in [0.05, 0.1) is 0 Å². The minimum Gasteiger partial charge on any atom is -0.489 e. The molecule has 1 amide bonds. The van der Waals surface area contributed by atoms with Gasteiger partial charge in [0, 0.05) is 19.5 Å². The number of rotatable bonds is 12. The highest BCUT2D eigenvalue weighted by atomic mass is 19.1. The van der Waals surface area contributed by atoms with Crippen molar-refractivity contribution in [1.82, 2.24) is 5.32 Å². The van der Waals surface area contributed by atoms with Crippen LogP contribution in [0.5, 0.6) is 11.5 Å². The van der Waals surface area contributed by atoms with Crippen LogP contribution in [0.25, 0.3) is 11.1 Å². The summed E-state index contributed by atoms with van der Waals surface area (Å²) in [5.41, 5.74) is 7.29. The molecule has 202 valence electrons. The van der Waals surface area contributed by atoms with Gasteiger partial charge >= 0.3 is 0 Å². The number of nitrogens with one attached hydrogen (secondary N) is 1. The van der Waals surface area contributed by atoms with Gasteiger partial charge in [-0.25, -0.2) is 4.39 Å². The monoisotopic (exact) mass is 525 g/mol. The molecule has 0 radical (unpaired) electrons. The zero-order valence-electron chi connectivity index (χ0n) is 22.9. The van der Waals surface area contributed by atoms with Crippen molar-refractivity contribution in [3.63, 3.8) is 0 Å². The van der Waals surface area contributed by atoms with Gasteiger partial charge in [-0.15, -0.1) is 0 Å². The fraction of sp³-hybridized carbons (Fsp3) is 0.265. The van der Waals surface area contributed by atoms with Crippen molar-refractivity contribution in [2.75, 3.05) is 6.54 Å². The molecule has 0 saturated heterocycles. The molecule has 0 spiro atoms. The topological polar surface area (TPSA) is 47.6 Å². The van der Waals surface area contributed by atoms with Gasteiger partial charge in [0.15, 0.2) is 0 Å². The van der Waals surface area contributed by atoms with E-state index >= 15 is 0 Å². The summed E-state index contributed by atoms with van der Waals surface area (Å²) in [6.07, 6.45) is 2.61. The van der Waals surface area contributed by atoms with E-state index in [1.807, 2.05) is 42.5 Å². The Morgan fingerprint density at radius 1 is 0.821 bits per heavy atom. The lowest BCUT2D eigenvalue weighted by atomic mass is 9.97. The molecule has 0 bridgehead atoms. The molecule has 4 rings (SSSR count). The second-order valence-electron chi connectivity index (χ2n) is 9.83. The zero-order valence-corrected chi connectivity index (χ0v) is 22.9. The molecule has 4 nitrogen and oxygen atoms in total. The van der Waals surface area contributed by atoms with Gasteiger partial charge in [0.25, 0.3) is 0 Å². The van der Waals surface area contributed by atoms with E-state index in [0.29, 0.717) is 25.3 Å². The third kappa shape index (κ3) is 7.93. The predicted molar refractivity (Wildman–Crippen MR) is 154 cm³/mol. The largest absolute Gasteiger partial charge is 0.489 e. The smallest absolute Gasteiger partial charge is 0.216 e.